The van der Waals surface area contributed by atoms with Crippen LogP contribution in [0.1, 0.15) is 28.8 Å². The molecule has 1 aliphatic rings. The van der Waals surface area contributed by atoms with E-state index >= 15 is 0 Å². The fourth-order valence-electron chi connectivity index (χ4n) is 4.01. The van der Waals surface area contributed by atoms with Crippen LogP contribution < -0.4 is 15.8 Å². The maximum Gasteiger partial charge on any atom is 0.255 e. The zero-order chi connectivity index (χ0) is 23.0. The summed E-state index contributed by atoms with van der Waals surface area (Å²) in [5.74, 6) is 1.00. The number of primary amides is 1. The Balaban J connectivity index is 1.28. The van der Waals surface area contributed by atoms with Crippen LogP contribution in [0.5, 0.6) is 11.5 Å². The molecule has 0 aromatic heterocycles. The molecular formula is C27H29N3O3. The summed E-state index contributed by atoms with van der Waals surface area (Å²) in [5.41, 5.74) is 7.90. The van der Waals surface area contributed by atoms with Gasteiger partial charge in [-0.25, -0.2) is 0 Å². The quantitative estimate of drug-likeness (QED) is 0.538. The van der Waals surface area contributed by atoms with Gasteiger partial charge in [-0.2, -0.15) is 0 Å². The second-order valence-corrected chi connectivity index (χ2v) is 8.36. The maximum absolute atomic E-state index is 12.7. The molecule has 1 heterocycles. The number of hydrogen-bond acceptors (Lipinski definition) is 4. The lowest BCUT2D eigenvalue weighted by Crippen LogP contribution is -2.39. The molecule has 3 aromatic carbocycles. The van der Waals surface area contributed by atoms with Crippen molar-refractivity contribution in [2.45, 2.75) is 19.3 Å². The van der Waals surface area contributed by atoms with Gasteiger partial charge in [-0.3, -0.25) is 9.59 Å². The standard InChI is InChI=1S/C27H29N3O3/c28-26(31)21-14-17-30(18-15-21)16-13-20-9-11-23(12-10-20)29-27(32)22-5-4-8-25(19-22)33-24-6-2-1-3-7-24/h1-12,19,21H,13-18H2,(H2,28,31)(H,29,32). The van der Waals surface area contributed by atoms with E-state index in [4.69, 9.17) is 10.5 Å². The van der Waals surface area contributed by atoms with Crippen molar-refractivity contribution >= 4 is 17.5 Å². The van der Waals surface area contributed by atoms with Gasteiger partial charge < -0.3 is 20.7 Å². The number of nitrogens with one attached hydrogen (secondary N) is 1. The molecule has 6 nitrogen and oxygen atoms in total. The number of rotatable bonds is 8. The highest BCUT2D eigenvalue weighted by atomic mass is 16.5. The van der Waals surface area contributed by atoms with Crippen LogP contribution in [-0.2, 0) is 11.2 Å². The predicted octanol–water partition coefficient (Wildman–Crippen LogP) is 4.47. The summed E-state index contributed by atoms with van der Waals surface area (Å²) in [4.78, 5) is 26.4. The summed E-state index contributed by atoms with van der Waals surface area (Å²) in [6.45, 7) is 2.77. The molecule has 0 saturated carbocycles. The zero-order valence-electron chi connectivity index (χ0n) is 18.6. The number of nitrogens with zero attached hydrogens (tertiary/aromatic N) is 1. The maximum atomic E-state index is 12.7. The van der Waals surface area contributed by atoms with Crippen molar-refractivity contribution in [1.29, 1.82) is 0 Å². The molecule has 0 bridgehead atoms. The fourth-order valence-corrected chi connectivity index (χ4v) is 4.01. The lowest BCUT2D eigenvalue weighted by Gasteiger charge is -2.30. The van der Waals surface area contributed by atoms with Crippen molar-refractivity contribution in [3.8, 4) is 11.5 Å². The number of para-hydroxylation sites is 1. The normalized spacial score (nSPS) is 14.5. The van der Waals surface area contributed by atoms with Crippen LogP contribution in [0.2, 0.25) is 0 Å². The number of anilines is 1. The molecule has 4 rings (SSSR count). The molecule has 3 N–H and O–H groups in total. The summed E-state index contributed by atoms with van der Waals surface area (Å²) in [6, 6.07) is 24.6. The molecular weight excluding hydrogens is 414 g/mol. The number of nitrogens with two attached hydrogens (primary N) is 1. The highest BCUT2D eigenvalue weighted by molar-refractivity contribution is 6.04. The van der Waals surface area contributed by atoms with Crippen LogP contribution in [0.3, 0.4) is 0 Å². The zero-order valence-corrected chi connectivity index (χ0v) is 18.6. The van der Waals surface area contributed by atoms with E-state index < -0.39 is 0 Å². The molecule has 3 aromatic rings. The number of carbonyl (C=O) groups excluding carboxylic acids is 2. The Bertz CT molecular complexity index is 1080. The number of likely N-dealkylation sites (tertiary alicyclic amines) is 1. The smallest absolute Gasteiger partial charge is 0.255 e. The van der Waals surface area contributed by atoms with E-state index in [9.17, 15) is 9.59 Å². The molecule has 6 heteroatoms. The van der Waals surface area contributed by atoms with Gasteiger partial charge in [0.15, 0.2) is 0 Å². The molecule has 1 saturated heterocycles. The van der Waals surface area contributed by atoms with Gasteiger partial charge in [0.25, 0.3) is 5.91 Å². The van der Waals surface area contributed by atoms with E-state index in [0.717, 1.165) is 50.3 Å². The minimum atomic E-state index is -0.182. The molecule has 33 heavy (non-hydrogen) atoms. The lowest BCUT2D eigenvalue weighted by atomic mass is 9.96. The topological polar surface area (TPSA) is 84.7 Å². The van der Waals surface area contributed by atoms with Crippen LogP contribution in [0.15, 0.2) is 78.9 Å². The van der Waals surface area contributed by atoms with Crippen molar-refractivity contribution in [2.24, 2.45) is 11.7 Å². The van der Waals surface area contributed by atoms with Gasteiger partial charge in [0.2, 0.25) is 5.91 Å². The molecule has 170 valence electrons. The molecule has 1 aliphatic heterocycles. The minimum Gasteiger partial charge on any atom is -0.457 e. The molecule has 0 aliphatic carbocycles. The Kier molecular flexibility index (Phi) is 7.37. The summed E-state index contributed by atoms with van der Waals surface area (Å²) in [5, 5.41) is 2.95. The number of benzene rings is 3. The first-order chi connectivity index (χ1) is 16.1. The van der Waals surface area contributed by atoms with Crippen LogP contribution in [0, 0.1) is 5.92 Å². The van der Waals surface area contributed by atoms with Gasteiger partial charge in [-0.1, -0.05) is 36.4 Å². The molecule has 0 atom stereocenters. The molecule has 0 spiro atoms. The highest BCUT2D eigenvalue weighted by Gasteiger charge is 2.22. The molecule has 2 amide bonds. The first-order valence-corrected chi connectivity index (χ1v) is 11.3. The number of piperidine rings is 1. The highest BCUT2D eigenvalue weighted by Crippen LogP contribution is 2.23. The second-order valence-electron chi connectivity index (χ2n) is 8.36. The Hall–Kier alpha value is -3.64. The van der Waals surface area contributed by atoms with Crippen molar-refractivity contribution < 1.29 is 14.3 Å². The number of hydrogen-bond donors (Lipinski definition) is 2. The first kappa shape index (κ1) is 22.6. The summed E-state index contributed by atoms with van der Waals surface area (Å²) in [7, 11) is 0. The molecule has 0 radical (unpaired) electrons. The average Bonchev–Trinajstić information content (AvgIpc) is 2.84. The summed E-state index contributed by atoms with van der Waals surface area (Å²) < 4.78 is 5.82. The fraction of sp³-hybridized carbons (Fsp3) is 0.259. The van der Waals surface area contributed by atoms with Crippen LogP contribution in [0.25, 0.3) is 0 Å². The van der Waals surface area contributed by atoms with Gasteiger partial charge in [0.05, 0.1) is 0 Å². The van der Waals surface area contributed by atoms with Crippen molar-refractivity contribution in [3.05, 3.63) is 90.0 Å². The Labute approximate surface area is 194 Å². The lowest BCUT2D eigenvalue weighted by molar-refractivity contribution is -0.123. The third-order valence-corrected chi connectivity index (χ3v) is 5.99. The van der Waals surface area contributed by atoms with E-state index in [-0.39, 0.29) is 17.7 Å². The van der Waals surface area contributed by atoms with E-state index in [0.29, 0.717) is 11.3 Å². The van der Waals surface area contributed by atoms with Crippen LogP contribution in [-0.4, -0.2) is 36.3 Å². The number of amides is 2. The monoisotopic (exact) mass is 443 g/mol. The Morgan fingerprint density at radius 3 is 2.30 bits per heavy atom. The van der Waals surface area contributed by atoms with Gasteiger partial charge in [-0.05, 0) is 80.4 Å². The van der Waals surface area contributed by atoms with E-state index in [1.807, 2.05) is 66.7 Å². The predicted molar refractivity (Wildman–Crippen MR) is 129 cm³/mol. The largest absolute Gasteiger partial charge is 0.457 e. The van der Waals surface area contributed by atoms with Crippen molar-refractivity contribution in [1.82, 2.24) is 4.90 Å². The minimum absolute atomic E-state index is 0.0229. The number of carbonyl (C=O) groups is 2. The summed E-state index contributed by atoms with van der Waals surface area (Å²) >= 11 is 0. The van der Waals surface area contributed by atoms with Crippen LogP contribution >= 0.6 is 0 Å². The SMILES string of the molecule is NC(=O)C1CCN(CCc2ccc(NC(=O)c3cccc(Oc4ccccc4)c3)cc2)CC1. The Morgan fingerprint density at radius 2 is 1.61 bits per heavy atom. The van der Waals surface area contributed by atoms with Gasteiger partial charge in [0.1, 0.15) is 11.5 Å². The van der Waals surface area contributed by atoms with Crippen LogP contribution in [0.4, 0.5) is 5.69 Å². The van der Waals surface area contributed by atoms with Gasteiger partial charge in [-0.15, -0.1) is 0 Å². The van der Waals surface area contributed by atoms with Crippen molar-refractivity contribution in [3.63, 3.8) is 0 Å². The average molecular weight is 444 g/mol. The van der Waals surface area contributed by atoms with E-state index in [1.54, 1.807) is 12.1 Å². The van der Waals surface area contributed by atoms with Gasteiger partial charge in [0, 0.05) is 23.7 Å². The summed E-state index contributed by atoms with van der Waals surface area (Å²) in [6.07, 6.45) is 2.62. The first-order valence-electron chi connectivity index (χ1n) is 11.3. The Morgan fingerprint density at radius 1 is 0.909 bits per heavy atom. The van der Waals surface area contributed by atoms with E-state index in [1.165, 1.54) is 5.56 Å². The van der Waals surface area contributed by atoms with Gasteiger partial charge >= 0.3 is 0 Å². The number of ether oxygens (including phenoxy) is 1. The van der Waals surface area contributed by atoms with E-state index in [2.05, 4.69) is 10.2 Å². The molecule has 1 fully saturated rings. The third-order valence-electron chi connectivity index (χ3n) is 5.99. The second kappa shape index (κ2) is 10.8. The third kappa shape index (κ3) is 6.43. The molecule has 0 unspecified atom stereocenters. The van der Waals surface area contributed by atoms with Crippen molar-refractivity contribution in [2.75, 3.05) is 25.0 Å².